The Hall–Kier alpha value is -5.51. The number of aliphatic hydroxyl groups is 1. The lowest BCUT2D eigenvalue weighted by atomic mass is 9.95. The molecule has 3 amide bonds. The summed E-state index contributed by atoms with van der Waals surface area (Å²) < 4.78 is 82.6. The Labute approximate surface area is 287 Å². The van der Waals surface area contributed by atoms with E-state index in [-0.39, 0.29) is 31.5 Å². The lowest BCUT2D eigenvalue weighted by molar-refractivity contribution is -0.131. The van der Waals surface area contributed by atoms with Gasteiger partial charge in [0.1, 0.15) is 29.9 Å². The molecule has 4 aromatic rings. The zero-order chi connectivity index (χ0) is 37.0. The van der Waals surface area contributed by atoms with Crippen LogP contribution in [0.5, 0.6) is 11.5 Å². The molecule has 1 aromatic heterocycles. The zero-order valence-corrected chi connectivity index (χ0v) is 27.3. The summed E-state index contributed by atoms with van der Waals surface area (Å²) in [4.78, 5) is 56.1. The number of rotatable bonds is 14. The van der Waals surface area contributed by atoms with Gasteiger partial charge in [-0.25, -0.2) is 13.2 Å². The van der Waals surface area contributed by atoms with Gasteiger partial charge < -0.3 is 35.5 Å². The number of carbonyl (C=O) groups is 4. The third-order valence-corrected chi connectivity index (χ3v) is 8.46. The van der Waals surface area contributed by atoms with Crippen molar-refractivity contribution in [1.29, 1.82) is 0 Å². The van der Waals surface area contributed by atoms with E-state index in [4.69, 9.17) is 9.47 Å². The summed E-state index contributed by atoms with van der Waals surface area (Å²) in [5.74, 6) is -13.5. The molecule has 0 aliphatic carbocycles. The van der Waals surface area contributed by atoms with Crippen molar-refractivity contribution < 1.29 is 55.7 Å². The minimum atomic E-state index is -2.00. The molecule has 1 aliphatic heterocycles. The van der Waals surface area contributed by atoms with Crippen LogP contribution in [-0.4, -0.2) is 65.9 Å². The number of Topliss-reactive ketones (excluding diaryl/α,β-unsaturated/α-hetero) is 1. The van der Waals surface area contributed by atoms with E-state index in [1.54, 1.807) is 18.2 Å². The summed E-state index contributed by atoms with van der Waals surface area (Å²) >= 11 is 0. The van der Waals surface area contributed by atoms with E-state index in [0.717, 1.165) is 13.0 Å². The Kier molecular flexibility index (Phi) is 11.2. The van der Waals surface area contributed by atoms with Crippen LogP contribution in [-0.2, 0) is 20.8 Å². The number of ketones is 1. The highest BCUT2D eigenvalue weighted by Gasteiger charge is 2.35. The van der Waals surface area contributed by atoms with E-state index >= 15 is 0 Å². The molecule has 51 heavy (non-hydrogen) atoms. The summed E-state index contributed by atoms with van der Waals surface area (Å²) in [7, 11) is 1.45. The number of hydrogen-bond acceptors (Lipinski definition) is 7. The second kappa shape index (κ2) is 15.6. The number of carbonyl (C=O) groups excluding carboxylic acids is 4. The van der Waals surface area contributed by atoms with Crippen LogP contribution < -0.4 is 25.4 Å². The molecule has 1 fully saturated rings. The number of aromatic nitrogens is 1. The fourth-order valence-electron chi connectivity index (χ4n) is 5.84. The lowest BCUT2D eigenvalue weighted by Gasteiger charge is -2.24. The standard InChI is InChI=1S/C35H33F5N4O7/c1-16(45)27-28(37)30(39)32(31(40)29(27)38)51-15-25(46)22(13-18-9-10-41-33(18)47)43-34(48)23(12-17-5-3-6-19(36)11-17)44-35(49)24-14-20-21(42-24)7-4-8-26(20)50-2/h3-8,11,14,16,18,22-23,42,45H,9-10,12-13,15H2,1-2H3,(H,41,47)(H,43,48)(H,44,49)/t16?,18-,22-,23-/m0/s1. The SMILES string of the molecule is COc1cccc2[nH]c(C(=O)N[C@@H](Cc3cccc(F)c3)C(=O)N[C@@H](C[C@@H]3CCNC3=O)C(=O)COc3c(F)c(F)c(C(C)O)c(F)c3F)cc12. The van der Waals surface area contributed by atoms with Crippen molar-refractivity contribution in [2.75, 3.05) is 20.3 Å². The van der Waals surface area contributed by atoms with Crippen LogP contribution in [0.25, 0.3) is 10.9 Å². The van der Waals surface area contributed by atoms with Gasteiger partial charge in [0.25, 0.3) is 5.91 Å². The number of aliphatic hydroxyl groups excluding tert-OH is 1. The Bertz CT molecular complexity index is 1960. The molecule has 270 valence electrons. The molecule has 5 rings (SSSR count). The van der Waals surface area contributed by atoms with Gasteiger partial charge in [-0.3, -0.25) is 19.2 Å². The van der Waals surface area contributed by atoms with E-state index in [9.17, 15) is 46.2 Å². The molecule has 4 atom stereocenters. The average Bonchev–Trinajstić information content (AvgIpc) is 3.72. The molecule has 0 spiro atoms. The molecule has 3 aromatic carbocycles. The largest absolute Gasteiger partial charge is 0.496 e. The van der Waals surface area contributed by atoms with Crippen molar-refractivity contribution in [2.45, 2.75) is 44.4 Å². The lowest BCUT2D eigenvalue weighted by Crippen LogP contribution is -2.53. The van der Waals surface area contributed by atoms with Crippen LogP contribution in [0.15, 0.2) is 48.5 Å². The van der Waals surface area contributed by atoms with Crippen molar-refractivity contribution in [2.24, 2.45) is 5.92 Å². The van der Waals surface area contributed by atoms with Gasteiger partial charge in [-0.15, -0.1) is 0 Å². The normalized spacial score (nSPS) is 15.9. The summed E-state index contributed by atoms with van der Waals surface area (Å²) in [5.41, 5.74) is -0.385. The van der Waals surface area contributed by atoms with Crippen LogP contribution in [0.3, 0.4) is 0 Å². The Morgan fingerprint density at radius 2 is 1.67 bits per heavy atom. The number of methoxy groups -OCH3 is 1. The minimum absolute atomic E-state index is 0.0420. The van der Waals surface area contributed by atoms with Gasteiger partial charge in [0.05, 0.1) is 24.8 Å². The number of hydrogen-bond donors (Lipinski definition) is 5. The van der Waals surface area contributed by atoms with E-state index in [0.29, 0.717) is 22.2 Å². The first-order valence-electron chi connectivity index (χ1n) is 15.8. The average molecular weight is 717 g/mol. The first-order valence-corrected chi connectivity index (χ1v) is 15.8. The predicted molar refractivity (Wildman–Crippen MR) is 171 cm³/mol. The van der Waals surface area contributed by atoms with Crippen molar-refractivity contribution in [3.8, 4) is 11.5 Å². The maximum Gasteiger partial charge on any atom is 0.268 e. The third kappa shape index (κ3) is 8.11. The number of ether oxygens (including phenoxy) is 2. The maximum absolute atomic E-state index is 14.7. The van der Waals surface area contributed by atoms with Crippen LogP contribution in [0.4, 0.5) is 22.0 Å². The molecule has 1 unspecified atom stereocenters. The minimum Gasteiger partial charge on any atom is -0.496 e. The number of benzene rings is 3. The molecule has 0 bridgehead atoms. The number of H-pyrrole nitrogens is 1. The van der Waals surface area contributed by atoms with Crippen molar-refractivity contribution in [1.82, 2.24) is 20.9 Å². The third-order valence-electron chi connectivity index (χ3n) is 8.46. The highest BCUT2D eigenvalue weighted by atomic mass is 19.2. The van der Waals surface area contributed by atoms with Gasteiger partial charge in [-0.05, 0) is 55.7 Å². The molecule has 11 nitrogen and oxygen atoms in total. The van der Waals surface area contributed by atoms with Crippen LogP contribution in [0, 0.1) is 35.0 Å². The van der Waals surface area contributed by atoms with E-state index in [1.165, 1.54) is 31.4 Å². The summed E-state index contributed by atoms with van der Waals surface area (Å²) in [5, 5.41) is 17.7. The number of halogens is 5. The molecule has 16 heteroatoms. The van der Waals surface area contributed by atoms with Crippen molar-refractivity contribution >= 4 is 34.4 Å². The Balaban J connectivity index is 1.41. The van der Waals surface area contributed by atoms with Crippen LogP contribution >= 0.6 is 0 Å². The van der Waals surface area contributed by atoms with Gasteiger partial charge in [0.15, 0.2) is 23.2 Å². The first kappa shape index (κ1) is 36.8. The van der Waals surface area contributed by atoms with Gasteiger partial charge in [-0.2, -0.15) is 8.78 Å². The fourth-order valence-corrected chi connectivity index (χ4v) is 5.84. The highest BCUT2D eigenvalue weighted by molar-refractivity contribution is 6.02. The summed E-state index contributed by atoms with van der Waals surface area (Å²) in [6, 6.07) is 8.81. The van der Waals surface area contributed by atoms with Crippen molar-refractivity contribution in [3.05, 3.63) is 94.4 Å². The van der Waals surface area contributed by atoms with Gasteiger partial charge in [0, 0.05) is 29.8 Å². The number of fused-ring (bicyclic) bond motifs is 1. The monoisotopic (exact) mass is 716 g/mol. The predicted octanol–water partition coefficient (Wildman–Crippen LogP) is 3.93. The van der Waals surface area contributed by atoms with Crippen molar-refractivity contribution in [3.63, 3.8) is 0 Å². The number of aromatic amines is 1. The Morgan fingerprint density at radius 1 is 0.961 bits per heavy atom. The molecule has 0 saturated carbocycles. The molecular formula is C35H33F5N4O7. The summed E-state index contributed by atoms with van der Waals surface area (Å²) in [6.07, 6.45) is -2.21. The molecule has 1 saturated heterocycles. The van der Waals surface area contributed by atoms with Gasteiger partial charge >= 0.3 is 0 Å². The van der Waals surface area contributed by atoms with E-state index < -0.39 is 94.6 Å². The first-order chi connectivity index (χ1) is 24.3. The highest BCUT2D eigenvalue weighted by Crippen LogP contribution is 2.33. The number of nitrogens with one attached hydrogen (secondary N) is 4. The quantitative estimate of drug-likeness (QED) is 0.0978. The fraction of sp³-hybridized carbons (Fsp3) is 0.314. The van der Waals surface area contributed by atoms with Gasteiger partial charge in [-0.1, -0.05) is 18.2 Å². The number of amides is 3. The zero-order valence-electron chi connectivity index (χ0n) is 27.3. The molecule has 1 aliphatic rings. The van der Waals surface area contributed by atoms with E-state index in [2.05, 4.69) is 20.9 Å². The molecule has 2 heterocycles. The molecule has 5 N–H and O–H groups in total. The van der Waals surface area contributed by atoms with Gasteiger partial charge in [0.2, 0.25) is 23.4 Å². The Morgan fingerprint density at radius 3 is 2.29 bits per heavy atom. The molecular weight excluding hydrogens is 683 g/mol. The maximum atomic E-state index is 14.7. The smallest absolute Gasteiger partial charge is 0.268 e. The second-order valence-electron chi connectivity index (χ2n) is 12.0. The topological polar surface area (TPSA) is 159 Å². The van der Waals surface area contributed by atoms with E-state index in [1.807, 2.05) is 0 Å². The summed E-state index contributed by atoms with van der Waals surface area (Å²) in [6.45, 7) is -0.0525. The van der Waals surface area contributed by atoms with Crippen LogP contribution in [0.2, 0.25) is 0 Å². The van der Waals surface area contributed by atoms with Crippen LogP contribution in [0.1, 0.15) is 47.5 Å². The molecule has 0 radical (unpaired) electrons. The second-order valence-corrected chi connectivity index (χ2v) is 12.0.